The Morgan fingerprint density at radius 3 is 2.34 bits per heavy atom. The summed E-state index contributed by atoms with van der Waals surface area (Å²) in [5.41, 5.74) is 1.76. The Bertz CT molecular complexity index is 1060. The van der Waals surface area contributed by atoms with Gasteiger partial charge in [-0.05, 0) is 43.9 Å². The van der Waals surface area contributed by atoms with E-state index in [1.54, 1.807) is 19.2 Å². The third kappa shape index (κ3) is 4.06. The van der Waals surface area contributed by atoms with Gasteiger partial charge < -0.3 is 9.47 Å². The monoisotopic (exact) mass is 459 g/mol. The molecule has 4 rings (SSSR count). The van der Waals surface area contributed by atoms with Gasteiger partial charge in [0, 0.05) is 30.0 Å². The van der Waals surface area contributed by atoms with Gasteiger partial charge in [-0.1, -0.05) is 18.7 Å². The number of carbonyl (C=O) groups excluding carboxylic acids is 1. The highest BCUT2D eigenvalue weighted by Gasteiger charge is 2.43. The van der Waals surface area contributed by atoms with Gasteiger partial charge in [0.1, 0.15) is 0 Å². The van der Waals surface area contributed by atoms with Gasteiger partial charge in [0.15, 0.2) is 11.5 Å². The zero-order valence-electron chi connectivity index (χ0n) is 18.4. The van der Waals surface area contributed by atoms with Gasteiger partial charge in [-0.15, -0.1) is 0 Å². The first kappa shape index (κ1) is 22.5. The van der Waals surface area contributed by atoms with Crippen LogP contribution in [-0.4, -0.2) is 62.7 Å². The highest BCUT2D eigenvalue weighted by Crippen LogP contribution is 2.38. The van der Waals surface area contributed by atoms with E-state index in [4.69, 9.17) is 14.6 Å². The van der Waals surface area contributed by atoms with Gasteiger partial charge in [-0.3, -0.25) is 4.79 Å². The summed E-state index contributed by atoms with van der Waals surface area (Å²) in [4.78, 5) is 13.4. The van der Waals surface area contributed by atoms with Gasteiger partial charge in [-0.25, -0.2) is 13.4 Å². The number of carbonyl (C=O) groups is 1. The molecule has 8 nitrogen and oxygen atoms in total. The van der Waals surface area contributed by atoms with Gasteiger partial charge in [0.2, 0.25) is 15.9 Å². The number of piperidine rings is 1. The molecular formula is C23H29N3O5S. The minimum absolute atomic E-state index is 0.00286. The number of ether oxygens (including phenoxy) is 2. The summed E-state index contributed by atoms with van der Waals surface area (Å²) in [6, 6.07) is 5.56. The van der Waals surface area contributed by atoms with Crippen molar-refractivity contribution in [1.29, 1.82) is 0 Å². The van der Waals surface area contributed by atoms with Gasteiger partial charge >= 0.3 is 0 Å². The molecule has 2 aliphatic heterocycles. The molecule has 0 saturated carbocycles. The lowest BCUT2D eigenvalue weighted by atomic mass is 9.76. The summed E-state index contributed by atoms with van der Waals surface area (Å²) in [7, 11) is -0.264. The number of allylic oxidation sites excluding steroid dienone is 2. The molecule has 1 fully saturated rings. The van der Waals surface area contributed by atoms with Crippen molar-refractivity contribution in [3.05, 3.63) is 47.9 Å². The Morgan fingerprint density at radius 1 is 1.06 bits per heavy atom. The number of hydrazone groups is 1. The Kier molecular flexibility index (Phi) is 6.39. The molecule has 0 unspecified atom stereocenters. The fourth-order valence-electron chi connectivity index (χ4n) is 4.77. The van der Waals surface area contributed by atoms with E-state index in [0.29, 0.717) is 43.9 Å². The van der Waals surface area contributed by atoms with Gasteiger partial charge in [-0.2, -0.15) is 9.41 Å². The molecule has 0 spiro atoms. The van der Waals surface area contributed by atoms with E-state index in [-0.39, 0.29) is 23.8 Å². The molecule has 0 N–H and O–H groups in total. The van der Waals surface area contributed by atoms with E-state index in [9.17, 15) is 13.2 Å². The molecule has 2 heterocycles. The second-order valence-electron chi connectivity index (χ2n) is 8.24. The molecule has 0 bridgehead atoms. The van der Waals surface area contributed by atoms with Gasteiger partial charge in [0.05, 0.1) is 31.9 Å². The fraction of sp³-hybridized carbons (Fsp3) is 0.478. The van der Waals surface area contributed by atoms with Crippen LogP contribution in [0, 0.1) is 11.8 Å². The Hall–Kier alpha value is -2.65. The van der Waals surface area contributed by atoms with Crippen LogP contribution in [0.1, 0.15) is 31.2 Å². The number of hydrogen-bond acceptors (Lipinski definition) is 6. The maximum Gasteiger partial charge on any atom is 0.247 e. The number of methoxy groups -OCH3 is 2. The van der Waals surface area contributed by atoms with Crippen LogP contribution >= 0.6 is 0 Å². The average molecular weight is 460 g/mol. The van der Waals surface area contributed by atoms with E-state index in [0.717, 1.165) is 23.1 Å². The van der Waals surface area contributed by atoms with Crippen LogP contribution in [0.2, 0.25) is 0 Å². The minimum atomic E-state index is -3.45. The predicted octanol–water partition coefficient (Wildman–Crippen LogP) is 2.77. The topological polar surface area (TPSA) is 88.5 Å². The lowest BCUT2D eigenvalue weighted by Gasteiger charge is -2.42. The first-order valence-corrected chi connectivity index (χ1v) is 12.3. The van der Waals surface area contributed by atoms with Crippen LogP contribution in [0.4, 0.5) is 0 Å². The molecule has 1 aliphatic carbocycles. The number of nitrogens with zero attached hydrogens (tertiary/aromatic N) is 3. The first-order chi connectivity index (χ1) is 15.4. The van der Waals surface area contributed by atoms with Crippen LogP contribution in [-0.2, 0) is 14.8 Å². The molecule has 1 saturated heterocycles. The van der Waals surface area contributed by atoms with E-state index in [2.05, 4.69) is 18.7 Å². The standard InChI is InChI=1S/C23H29N3O5S/c1-4-32(28,29)25-13-11-17(12-14-25)26-23(27)19-8-6-5-7-18(19)22(24-26)16-9-10-20(30-2)21(15-16)31-3/h4-6,9-10,15,17-19H,1,7-8,11-14H2,2-3H3/t18-,19+/m0/s1. The van der Waals surface area contributed by atoms with E-state index < -0.39 is 10.0 Å². The molecule has 1 aromatic rings. The van der Waals surface area contributed by atoms with Crippen LogP contribution in [0.5, 0.6) is 11.5 Å². The summed E-state index contributed by atoms with van der Waals surface area (Å²) < 4.78 is 36.5. The van der Waals surface area contributed by atoms with Crippen molar-refractivity contribution in [2.24, 2.45) is 16.9 Å². The number of benzene rings is 1. The summed E-state index contributed by atoms with van der Waals surface area (Å²) in [6.07, 6.45) is 6.68. The maximum absolute atomic E-state index is 13.4. The molecule has 0 radical (unpaired) electrons. The van der Waals surface area contributed by atoms with Crippen LogP contribution in [0.25, 0.3) is 0 Å². The number of rotatable bonds is 6. The molecule has 3 aliphatic rings. The maximum atomic E-state index is 13.4. The van der Waals surface area contributed by atoms with E-state index >= 15 is 0 Å². The van der Waals surface area contributed by atoms with Crippen molar-refractivity contribution in [2.45, 2.75) is 31.7 Å². The molecule has 32 heavy (non-hydrogen) atoms. The molecule has 9 heteroatoms. The van der Waals surface area contributed by atoms with Crippen LogP contribution < -0.4 is 9.47 Å². The van der Waals surface area contributed by atoms with Crippen molar-refractivity contribution >= 4 is 21.6 Å². The summed E-state index contributed by atoms with van der Waals surface area (Å²) >= 11 is 0. The van der Waals surface area contributed by atoms with Crippen molar-refractivity contribution in [1.82, 2.24) is 9.31 Å². The zero-order chi connectivity index (χ0) is 22.9. The lowest BCUT2D eigenvalue weighted by Crippen LogP contribution is -2.52. The third-order valence-electron chi connectivity index (χ3n) is 6.56. The Morgan fingerprint density at radius 2 is 1.72 bits per heavy atom. The van der Waals surface area contributed by atoms with Crippen molar-refractivity contribution in [3.8, 4) is 11.5 Å². The van der Waals surface area contributed by atoms with Crippen molar-refractivity contribution in [3.63, 3.8) is 0 Å². The predicted molar refractivity (Wildman–Crippen MR) is 122 cm³/mol. The van der Waals surface area contributed by atoms with Crippen molar-refractivity contribution < 1.29 is 22.7 Å². The fourth-order valence-corrected chi connectivity index (χ4v) is 5.70. The SMILES string of the molecule is C=CS(=O)(=O)N1CCC(N2N=C(c3ccc(OC)c(OC)c3)[C@H]3CC=CC[C@H]3C2=O)CC1. The van der Waals surface area contributed by atoms with Crippen LogP contribution in [0.3, 0.4) is 0 Å². The molecule has 1 amide bonds. The average Bonchev–Trinajstić information content (AvgIpc) is 2.84. The number of amides is 1. The largest absolute Gasteiger partial charge is 0.493 e. The Balaban J connectivity index is 1.66. The second-order valence-corrected chi connectivity index (χ2v) is 10.1. The summed E-state index contributed by atoms with van der Waals surface area (Å²) in [6.45, 7) is 4.09. The smallest absolute Gasteiger partial charge is 0.247 e. The molecule has 172 valence electrons. The van der Waals surface area contributed by atoms with E-state index in [1.807, 2.05) is 18.2 Å². The molecule has 0 aromatic heterocycles. The van der Waals surface area contributed by atoms with Crippen LogP contribution in [0.15, 0.2) is 47.4 Å². The Labute approximate surface area is 189 Å². The normalized spacial score (nSPS) is 24.6. The highest BCUT2D eigenvalue weighted by molar-refractivity contribution is 7.92. The quantitative estimate of drug-likeness (QED) is 0.611. The molecular weight excluding hydrogens is 430 g/mol. The first-order valence-electron chi connectivity index (χ1n) is 10.8. The second kappa shape index (κ2) is 9.07. The zero-order valence-corrected chi connectivity index (χ0v) is 19.3. The van der Waals surface area contributed by atoms with Gasteiger partial charge in [0.25, 0.3) is 0 Å². The number of sulfonamides is 1. The summed E-state index contributed by atoms with van der Waals surface area (Å²) in [5, 5.41) is 7.45. The third-order valence-corrected chi connectivity index (χ3v) is 8.07. The van der Waals surface area contributed by atoms with Crippen molar-refractivity contribution in [2.75, 3.05) is 27.3 Å². The van der Waals surface area contributed by atoms with E-state index in [1.165, 1.54) is 4.31 Å². The highest BCUT2D eigenvalue weighted by atomic mass is 32.2. The summed E-state index contributed by atoms with van der Waals surface area (Å²) in [5.74, 6) is 1.10. The number of hydrogen-bond donors (Lipinski definition) is 0. The minimum Gasteiger partial charge on any atom is -0.493 e. The molecule has 2 atom stereocenters. The number of fused-ring (bicyclic) bond motifs is 1. The lowest BCUT2D eigenvalue weighted by molar-refractivity contribution is -0.141. The molecule has 1 aromatic carbocycles.